The van der Waals surface area contributed by atoms with Gasteiger partial charge < -0.3 is 19.7 Å². The van der Waals surface area contributed by atoms with Gasteiger partial charge in [-0.1, -0.05) is 12.1 Å². The lowest BCUT2D eigenvalue weighted by Gasteiger charge is -2.31. The summed E-state index contributed by atoms with van der Waals surface area (Å²) in [6, 6.07) is 8.80. The predicted octanol–water partition coefficient (Wildman–Crippen LogP) is 3.28. The first-order chi connectivity index (χ1) is 18.5. The number of para-hydroxylation sites is 2. The molecule has 0 aliphatic carbocycles. The van der Waals surface area contributed by atoms with Gasteiger partial charge in [-0.25, -0.2) is 13.8 Å². The molecule has 0 spiro atoms. The van der Waals surface area contributed by atoms with E-state index in [2.05, 4.69) is 25.1 Å². The number of ether oxygens (including phenoxy) is 2. The van der Waals surface area contributed by atoms with Crippen LogP contribution >= 0.6 is 0 Å². The van der Waals surface area contributed by atoms with Gasteiger partial charge in [0, 0.05) is 25.7 Å². The number of benzene rings is 1. The lowest BCUT2D eigenvalue weighted by molar-refractivity contribution is -0.144. The van der Waals surface area contributed by atoms with Crippen LogP contribution in [0, 0.1) is 5.92 Å². The van der Waals surface area contributed by atoms with E-state index in [1.54, 1.807) is 37.3 Å². The number of aromatic nitrogens is 4. The molecule has 2 aliphatic rings. The molecule has 2 aromatic heterocycles. The fourth-order valence-electron chi connectivity index (χ4n) is 4.98. The van der Waals surface area contributed by atoms with Crippen molar-refractivity contribution in [1.82, 2.24) is 24.4 Å². The van der Waals surface area contributed by atoms with Gasteiger partial charge in [0.15, 0.2) is 5.82 Å². The number of halogens is 2. The first-order valence-corrected chi connectivity index (χ1v) is 13.1. The van der Waals surface area contributed by atoms with Gasteiger partial charge in [0.05, 0.1) is 37.4 Å². The van der Waals surface area contributed by atoms with Gasteiger partial charge in [-0.05, 0) is 50.9 Å². The highest BCUT2D eigenvalue weighted by molar-refractivity contribution is 5.78. The van der Waals surface area contributed by atoms with E-state index < -0.39 is 6.43 Å². The predicted molar refractivity (Wildman–Crippen MR) is 139 cm³/mol. The third-order valence-electron chi connectivity index (χ3n) is 6.96. The van der Waals surface area contributed by atoms with Crippen molar-refractivity contribution in [2.24, 2.45) is 5.92 Å². The molecule has 38 heavy (non-hydrogen) atoms. The van der Waals surface area contributed by atoms with Gasteiger partial charge >= 0.3 is 5.97 Å². The van der Waals surface area contributed by atoms with E-state index in [9.17, 15) is 13.6 Å². The summed E-state index contributed by atoms with van der Waals surface area (Å²) in [5.74, 6) is 1.22. The number of carbonyl (C=O) groups is 1. The highest BCUT2D eigenvalue weighted by Crippen LogP contribution is 2.29. The molecule has 204 valence electrons. The number of morpholine rings is 1. The number of esters is 1. The van der Waals surface area contributed by atoms with E-state index in [0.717, 1.165) is 25.9 Å². The van der Waals surface area contributed by atoms with Crippen LogP contribution in [0.3, 0.4) is 0 Å². The molecular formula is C26H33F2N7O3. The van der Waals surface area contributed by atoms with Crippen LogP contribution in [0.5, 0.6) is 0 Å². The molecule has 5 rings (SSSR count). The highest BCUT2D eigenvalue weighted by atomic mass is 19.3. The molecule has 0 unspecified atom stereocenters. The molecule has 0 saturated carbocycles. The number of anilines is 2. The molecular weight excluding hydrogens is 496 g/mol. The minimum Gasteiger partial charge on any atom is -0.465 e. The lowest BCUT2D eigenvalue weighted by Crippen LogP contribution is -2.39. The van der Waals surface area contributed by atoms with Crippen LogP contribution in [-0.2, 0) is 14.3 Å². The third kappa shape index (κ3) is 6.02. The quantitative estimate of drug-likeness (QED) is 0.419. The highest BCUT2D eigenvalue weighted by Gasteiger charge is 2.25. The van der Waals surface area contributed by atoms with Crippen LogP contribution in [0.15, 0.2) is 30.3 Å². The second-order valence-electron chi connectivity index (χ2n) is 9.51. The van der Waals surface area contributed by atoms with E-state index >= 15 is 0 Å². The number of nitrogens with one attached hydrogen (secondary N) is 1. The Hall–Kier alpha value is -3.38. The van der Waals surface area contributed by atoms with Crippen LogP contribution < -0.4 is 10.2 Å². The van der Waals surface area contributed by atoms with Crippen molar-refractivity contribution < 1.29 is 23.0 Å². The molecule has 2 fully saturated rings. The van der Waals surface area contributed by atoms with Crippen molar-refractivity contribution in [3.05, 3.63) is 36.2 Å². The largest absolute Gasteiger partial charge is 0.465 e. The average Bonchev–Trinajstić information content (AvgIpc) is 3.33. The van der Waals surface area contributed by atoms with E-state index in [1.807, 2.05) is 0 Å². The maximum absolute atomic E-state index is 14.0. The number of nitrogens with zero attached hydrogens (tertiary/aromatic N) is 6. The van der Waals surface area contributed by atoms with Gasteiger partial charge in [0.25, 0.3) is 6.43 Å². The molecule has 1 N–H and O–H groups in total. The van der Waals surface area contributed by atoms with Crippen molar-refractivity contribution in [3.8, 4) is 5.82 Å². The molecule has 0 atom stereocenters. The zero-order valence-corrected chi connectivity index (χ0v) is 21.5. The van der Waals surface area contributed by atoms with Crippen molar-refractivity contribution in [2.45, 2.75) is 26.2 Å². The maximum Gasteiger partial charge on any atom is 0.320 e. The lowest BCUT2D eigenvalue weighted by atomic mass is 9.97. The normalized spacial score (nSPS) is 17.3. The molecule has 12 heteroatoms. The third-order valence-corrected chi connectivity index (χ3v) is 6.96. The molecule has 2 saturated heterocycles. The Balaban J connectivity index is 1.37. The molecule has 0 amide bonds. The standard InChI is InChI=1S/C26H33F2N7O3/c1-2-38-23(36)17-33-9-7-18(8-10-33)16-29-26-31-21(34-11-13-37-14-12-34)15-22(32-26)35-20-6-4-3-5-19(20)30-25(35)24(27)28/h3-6,15,18,24H,2,7-14,16-17H2,1H3,(H,29,31,32). The van der Waals surface area contributed by atoms with Gasteiger partial charge in [-0.3, -0.25) is 14.3 Å². The number of hydrogen-bond donors (Lipinski definition) is 1. The summed E-state index contributed by atoms with van der Waals surface area (Å²) >= 11 is 0. The SMILES string of the molecule is CCOC(=O)CN1CCC(CNc2nc(N3CCOCC3)cc(-n3c(C(F)F)nc4ccccc43)n2)CC1. The minimum absolute atomic E-state index is 0.194. The van der Waals surface area contributed by atoms with Crippen LogP contribution in [0.4, 0.5) is 20.5 Å². The molecule has 3 aromatic rings. The molecule has 4 heterocycles. The Labute approximate surface area is 219 Å². The summed E-state index contributed by atoms with van der Waals surface area (Å²) in [7, 11) is 0. The Morgan fingerprint density at radius 3 is 2.58 bits per heavy atom. The van der Waals surface area contributed by atoms with E-state index in [-0.39, 0.29) is 11.8 Å². The zero-order chi connectivity index (χ0) is 26.5. The Morgan fingerprint density at radius 1 is 1.11 bits per heavy atom. The average molecular weight is 530 g/mol. The number of fused-ring (bicyclic) bond motifs is 1. The number of rotatable bonds is 9. The Kier molecular flexibility index (Phi) is 8.28. The molecule has 0 bridgehead atoms. The number of piperidine rings is 1. The number of imidazole rings is 1. The Morgan fingerprint density at radius 2 is 1.84 bits per heavy atom. The van der Waals surface area contributed by atoms with Crippen LogP contribution in [0.25, 0.3) is 16.9 Å². The van der Waals surface area contributed by atoms with Crippen molar-refractivity contribution in [2.75, 3.05) is 69.3 Å². The summed E-state index contributed by atoms with van der Waals surface area (Å²) in [4.78, 5) is 29.5. The molecule has 2 aliphatic heterocycles. The number of likely N-dealkylation sites (tertiary alicyclic amines) is 1. The van der Waals surface area contributed by atoms with Gasteiger partial charge in [-0.2, -0.15) is 9.97 Å². The first kappa shape index (κ1) is 26.2. The van der Waals surface area contributed by atoms with Gasteiger partial charge in [0.1, 0.15) is 11.6 Å². The molecule has 0 radical (unpaired) electrons. The maximum atomic E-state index is 14.0. The Bertz CT molecular complexity index is 1240. The summed E-state index contributed by atoms with van der Waals surface area (Å²) in [6.45, 7) is 7.22. The van der Waals surface area contributed by atoms with E-state index in [1.165, 1.54) is 4.57 Å². The second kappa shape index (κ2) is 12.0. The van der Waals surface area contributed by atoms with Crippen LogP contribution in [0.2, 0.25) is 0 Å². The van der Waals surface area contributed by atoms with Gasteiger partial charge in [0.2, 0.25) is 5.95 Å². The van der Waals surface area contributed by atoms with E-state index in [0.29, 0.717) is 80.5 Å². The number of hydrogen-bond acceptors (Lipinski definition) is 9. The van der Waals surface area contributed by atoms with Crippen molar-refractivity contribution in [1.29, 1.82) is 0 Å². The van der Waals surface area contributed by atoms with Gasteiger partial charge in [-0.15, -0.1) is 0 Å². The van der Waals surface area contributed by atoms with Crippen LogP contribution in [-0.4, -0.2) is 89.5 Å². The molecule has 10 nitrogen and oxygen atoms in total. The zero-order valence-electron chi connectivity index (χ0n) is 21.5. The fraction of sp³-hybridized carbons (Fsp3) is 0.538. The summed E-state index contributed by atoms with van der Waals surface area (Å²) in [6.07, 6.45) is -0.922. The summed E-state index contributed by atoms with van der Waals surface area (Å²) in [5.41, 5.74) is 1.05. The monoisotopic (exact) mass is 529 g/mol. The fourth-order valence-corrected chi connectivity index (χ4v) is 4.98. The number of carbonyl (C=O) groups excluding carboxylic acids is 1. The summed E-state index contributed by atoms with van der Waals surface area (Å²) in [5, 5.41) is 3.36. The molecule has 1 aromatic carbocycles. The van der Waals surface area contributed by atoms with Crippen molar-refractivity contribution >= 4 is 28.8 Å². The summed E-state index contributed by atoms with van der Waals surface area (Å²) < 4.78 is 40.1. The van der Waals surface area contributed by atoms with Crippen LogP contribution in [0.1, 0.15) is 32.0 Å². The van der Waals surface area contributed by atoms with E-state index in [4.69, 9.17) is 14.5 Å². The second-order valence-corrected chi connectivity index (χ2v) is 9.51. The topological polar surface area (TPSA) is 97.6 Å². The van der Waals surface area contributed by atoms with Crippen molar-refractivity contribution in [3.63, 3.8) is 0 Å². The minimum atomic E-state index is -2.76. The smallest absolute Gasteiger partial charge is 0.320 e. The first-order valence-electron chi connectivity index (χ1n) is 13.1. The number of alkyl halides is 2.